The molecule has 0 unspecified atom stereocenters. The molecule has 1 aliphatic heterocycles. The van der Waals surface area contributed by atoms with Gasteiger partial charge in [0.1, 0.15) is 18.4 Å². The molecule has 43 heavy (non-hydrogen) atoms. The Bertz CT molecular complexity index is 1810. The number of nitrogens with zero attached hydrogens (tertiary/aromatic N) is 2. The maximum absolute atomic E-state index is 14.4. The first-order valence-electron chi connectivity index (χ1n) is 13.4. The summed E-state index contributed by atoms with van der Waals surface area (Å²) in [5.41, 5.74) is 1.76. The molecular formula is C32H26ClF2N3O5. The first-order valence-corrected chi connectivity index (χ1v) is 13.8. The number of likely N-dealkylation sites (tertiary alicyclic amines) is 1. The minimum absolute atomic E-state index is 0.0171. The lowest BCUT2D eigenvalue weighted by atomic mass is 10.1. The van der Waals surface area contributed by atoms with Gasteiger partial charge in [-0.05, 0) is 56.2 Å². The van der Waals surface area contributed by atoms with Crippen LogP contribution in [0.3, 0.4) is 0 Å². The fourth-order valence-corrected chi connectivity index (χ4v) is 5.36. The predicted molar refractivity (Wildman–Crippen MR) is 156 cm³/mol. The number of rotatable bonds is 7. The Labute approximate surface area is 250 Å². The molecule has 0 aliphatic carbocycles. The van der Waals surface area contributed by atoms with Crippen molar-refractivity contribution in [3.05, 3.63) is 99.7 Å². The van der Waals surface area contributed by atoms with Gasteiger partial charge in [0.25, 0.3) is 0 Å². The van der Waals surface area contributed by atoms with Crippen molar-refractivity contribution in [3.63, 3.8) is 0 Å². The van der Waals surface area contributed by atoms with Crippen molar-refractivity contribution in [2.24, 2.45) is 0 Å². The molecule has 0 spiro atoms. The van der Waals surface area contributed by atoms with Crippen molar-refractivity contribution in [2.45, 2.75) is 38.9 Å². The molecule has 11 heteroatoms. The number of halogens is 3. The normalized spacial score (nSPS) is 14.3. The molecule has 1 aromatic heterocycles. The number of carbonyl (C=O) groups excluding carboxylic acids is 3. The molecule has 4 aromatic rings. The van der Waals surface area contributed by atoms with E-state index in [0.717, 1.165) is 0 Å². The number of Topliss-reactive ketones (excluding diaryl/α,β-unsaturated/α-hetero) is 1. The SMILES string of the molecule is CC(=O)c1cn(CC(=O)N2CCC[C@H]2C(=O)NCc2cccc(Cl)c2F)c2ccc(C#Cc3cccc(OO)c3F)cc12. The van der Waals surface area contributed by atoms with Gasteiger partial charge in [-0.1, -0.05) is 41.6 Å². The molecule has 2 heterocycles. The zero-order valence-corrected chi connectivity index (χ0v) is 23.8. The molecule has 0 saturated carbocycles. The average Bonchev–Trinajstić information content (AvgIpc) is 3.63. The van der Waals surface area contributed by atoms with Gasteiger partial charge in [0.05, 0.1) is 10.6 Å². The van der Waals surface area contributed by atoms with E-state index in [2.05, 4.69) is 22.0 Å². The zero-order chi connectivity index (χ0) is 30.7. The minimum Gasteiger partial charge on any atom is -0.350 e. The van der Waals surface area contributed by atoms with Gasteiger partial charge in [-0.2, -0.15) is 0 Å². The molecule has 2 amide bonds. The van der Waals surface area contributed by atoms with E-state index >= 15 is 0 Å². The van der Waals surface area contributed by atoms with Crippen LogP contribution < -0.4 is 10.2 Å². The highest BCUT2D eigenvalue weighted by molar-refractivity contribution is 6.30. The van der Waals surface area contributed by atoms with Crippen molar-refractivity contribution in [1.29, 1.82) is 0 Å². The first-order chi connectivity index (χ1) is 20.7. The summed E-state index contributed by atoms with van der Waals surface area (Å²) in [5, 5.41) is 12.0. The maximum atomic E-state index is 14.4. The largest absolute Gasteiger partial charge is 0.350 e. The van der Waals surface area contributed by atoms with Gasteiger partial charge in [0.15, 0.2) is 11.6 Å². The van der Waals surface area contributed by atoms with Crippen LogP contribution in [0, 0.1) is 23.5 Å². The summed E-state index contributed by atoms with van der Waals surface area (Å²) in [7, 11) is 0. The second-order valence-corrected chi connectivity index (χ2v) is 10.5. The molecule has 0 radical (unpaired) electrons. The summed E-state index contributed by atoms with van der Waals surface area (Å²) < 4.78 is 30.3. The monoisotopic (exact) mass is 605 g/mol. The third-order valence-electron chi connectivity index (χ3n) is 7.33. The summed E-state index contributed by atoms with van der Waals surface area (Å²) >= 11 is 5.83. The third-order valence-corrected chi connectivity index (χ3v) is 7.62. The van der Waals surface area contributed by atoms with Crippen molar-refractivity contribution in [1.82, 2.24) is 14.8 Å². The maximum Gasteiger partial charge on any atom is 0.243 e. The fourth-order valence-electron chi connectivity index (χ4n) is 5.16. The van der Waals surface area contributed by atoms with E-state index in [1.54, 1.807) is 35.0 Å². The quantitative estimate of drug-likeness (QED) is 0.128. The van der Waals surface area contributed by atoms with E-state index in [9.17, 15) is 23.2 Å². The second kappa shape index (κ2) is 12.7. The van der Waals surface area contributed by atoms with Crippen LogP contribution in [0.15, 0.2) is 60.8 Å². The number of ketones is 1. The van der Waals surface area contributed by atoms with Crippen LogP contribution in [-0.4, -0.2) is 44.9 Å². The highest BCUT2D eigenvalue weighted by Gasteiger charge is 2.34. The van der Waals surface area contributed by atoms with Crippen LogP contribution >= 0.6 is 11.6 Å². The standard InChI is InChI=1S/C32H26ClF2N3O5/c1-19(39)24-17-37(26-13-11-20(15-23(24)26)10-12-21-5-3-9-28(43-42)31(21)35)18-29(40)38-14-4-8-27(38)32(41)36-16-22-6-2-7-25(33)30(22)34/h2-3,5-7,9,11,13,15,17,27,42H,4,8,14,16,18H2,1H3,(H,36,41)/t27-/m0/s1. The van der Waals surface area contributed by atoms with Crippen LogP contribution in [-0.2, 0) is 22.7 Å². The van der Waals surface area contributed by atoms with E-state index in [-0.39, 0.29) is 52.6 Å². The first kappa shape index (κ1) is 29.8. The van der Waals surface area contributed by atoms with Gasteiger partial charge in [-0.3, -0.25) is 14.4 Å². The fraction of sp³-hybridized carbons (Fsp3) is 0.219. The van der Waals surface area contributed by atoms with Crippen LogP contribution in [0.1, 0.15) is 46.8 Å². The number of aromatic nitrogens is 1. The summed E-state index contributed by atoms with van der Waals surface area (Å²) in [6.45, 7) is 1.63. The van der Waals surface area contributed by atoms with E-state index in [1.807, 2.05) is 0 Å². The molecular weight excluding hydrogens is 580 g/mol. The Morgan fingerprint density at radius 3 is 2.65 bits per heavy atom. The number of hydrogen-bond donors (Lipinski definition) is 2. The molecule has 220 valence electrons. The molecule has 2 N–H and O–H groups in total. The van der Waals surface area contributed by atoms with Crippen molar-refractivity contribution < 1.29 is 33.3 Å². The van der Waals surface area contributed by atoms with Crippen LogP contribution in [0.2, 0.25) is 5.02 Å². The van der Waals surface area contributed by atoms with Crippen molar-refractivity contribution in [2.75, 3.05) is 6.54 Å². The number of hydrogen-bond acceptors (Lipinski definition) is 5. The third kappa shape index (κ3) is 6.23. The topological polar surface area (TPSA) is 101 Å². The molecule has 5 rings (SSSR count). The number of carbonyl (C=O) groups is 3. The Balaban J connectivity index is 1.34. The van der Waals surface area contributed by atoms with Crippen LogP contribution in [0.25, 0.3) is 10.9 Å². The van der Waals surface area contributed by atoms with E-state index < -0.39 is 17.7 Å². The summed E-state index contributed by atoms with van der Waals surface area (Å²) in [6, 6.07) is 13.1. The molecule has 1 atom stereocenters. The van der Waals surface area contributed by atoms with Crippen molar-refractivity contribution in [3.8, 4) is 17.6 Å². The van der Waals surface area contributed by atoms with E-state index in [4.69, 9.17) is 16.9 Å². The predicted octanol–water partition coefficient (Wildman–Crippen LogP) is 5.33. The number of amides is 2. The molecule has 3 aromatic carbocycles. The number of benzene rings is 3. The minimum atomic E-state index is -0.807. The zero-order valence-electron chi connectivity index (χ0n) is 23.0. The van der Waals surface area contributed by atoms with E-state index in [1.165, 1.54) is 42.2 Å². The van der Waals surface area contributed by atoms with Gasteiger partial charge >= 0.3 is 0 Å². The van der Waals surface area contributed by atoms with Crippen molar-refractivity contribution >= 4 is 40.1 Å². The summed E-state index contributed by atoms with van der Waals surface area (Å²) in [6.07, 6.45) is 2.70. The molecule has 0 bridgehead atoms. The Kier molecular flexibility index (Phi) is 8.76. The summed E-state index contributed by atoms with van der Waals surface area (Å²) in [4.78, 5) is 44.4. The van der Waals surface area contributed by atoms with Gasteiger partial charge < -0.3 is 19.7 Å². The Morgan fingerprint density at radius 2 is 1.88 bits per heavy atom. The smallest absolute Gasteiger partial charge is 0.243 e. The van der Waals surface area contributed by atoms with Gasteiger partial charge in [0.2, 0.25) is 17.6 Å². The molecule has 1 fully saturated rings. The molecule has 1 saturated heterocycles. The second-order valence-electron chi connectivity index (χ2n) is 10.1. The van der Waals surface area contributed by atoms with Gasteiger partial charge in [-0.25, -0.2) is 14.0 Å². The Morgan fingerprint density at radius 1 is 1.09 bits per heavy atom. The molecule has 1 aliphatic rings. The van der Waals surface area contributed by atoms with Crippen LogP contribution in [0.4, 0.5) is 8.78 Å². The Hall–Kier alpha value is -4.72. The van der Waals surface area contributed by atoms with Crippen LogP contribution in [0.5, 0.6) is 5.75 Å². The lowest BCUT2D eigenvalue weighted by molar-refractivity contribution is -0.140. The van der Waals surface area contributed by atoms with Gasteiger partial charge in [-0.15, -0.1) is 0 Å². The highest BCUT2D eigenvalue weighted by Crippen LogP contribution is 2.26. The van der Waals surface area contributed by atoms with E-state index in [0.29, 0.717) is 41.4 Å². The highest BCUT2D eigenvalue weighted by atomic mass is 35.5. The average molecular weight is 606 g/mol. The van der Waals surface area contributed by atoms with Gasteiger partial charge in [0, 0.05) is 46.9 Å². The lowest BCUT2D eigenvalue weighted by Crippen LogP contribution is -2.46. The lowest BCUT2D eigenvalue weighted by Gasteiger charge is -2.24. The molecule has 8 nitrogen and oxygen atoms in total. The number of fused-ring (bicyclic) bond motifs is 1. The summed E-state index contributed by atoms with van der Waals surface area (Å²) in [5.74, 6) is 2.89. The number of nitrogens with one attached hydrogen (secondary N) is 1.